The van der Waals surface area contributed by atoms with Crippen molar-refractivity contribution in [1.82, 2.24) is 21.4 Å². The second-order valence-electron chi connectivity index (χ2n) is 12.0. The molecule has 0 bridgehead atoms. The van der Waals surface area contributed by atoms with E-state index in [9.17, 15) is 9.59 Å². The molecule has 3 aliphatic rings. The summed E-state index contributed by atoms with van der Waals surface area (Å²) in [4.78, 5) is 30.1. The number of esters is 1. The van der Waals surface area contributed by atoms with Crippen LogP contribution >= 0.6 is 23.2 Å². The summed E-state index contributed by atoms with van der Waals surface area (Å²) >= 11 is 12.8. The van der Waals surface area contributed by atoms with Crippen LogP contribution in [0.4, 0.5) is 0 Å². The lowest BCUT2D eigenvalue weighted by Crippen LogP contribution is -2.60. The molecule has 39 heavy (non-hydrogen) atoms. The van der Waals surface area contributed by atoms with E-state index in [2.05, 4.69) is 40.7 Å². The Balaban J connectivity index is 1.88. The van der Waals surface area contributed by atoms with Crippen LogP contribution in [0.5, 0.6) is 0 Å². The van der Waals surface area contributed by atoms with Crippen LogP contribution in [0, 0.1) is 23.2 Å². The molecule has 1 aliphatic carbocycles. The number of nitrogens with zero attached hydrogens (tertiary/aromatic N) is 2. The van der Waals surface area contributed by atoms with Crippen molar-refractivity contribution >= 4 is 40.9 Å². The fourth-order valence-electron chi connectivity index (χ4n) is 6.06. The average molecular weight is 577 g/mol. The quantitative estimate of drug-likeness (QED) is 0.365. The molecule has 1 aromatic carbocycles. The number of ether oxygens (including phenoxy) is 1. The number of hydrogen-bond donors (Lipinski definition) is 3. The Morgan fingerprint density at radius 1 is 1.26 bits per heavy atom. The molecular weight excluding hydrogens is 537 g/mol. The van der Waals surface area contributed by atoms with Crippen LogP contribution in [-0.4, -0.2) is 34.3 Å². The van der Waals surface area contributed by atoms with Crippen LogP contribution in [0.15, 0.2) is 52.6 Å². The molecule has 10 heteroatoms. The monoisotopic (exact) mass is 575 g/mol. The number of nitrogens with one attached hydrogen (secondary N) is 3. The first-order valence-electron chi connectivity index (χ1n) is 13.5. The van der Waals surface area contributed by atoms with Crippen molar-refractivity contribution in [2.75, 3.05) is 0 Å². The Bertz CT molecular complexity index is 1180. The number of rotatable bonds is 7. The molecule has 6 unspecified atom stereocenters. The third-order valence-electron chi connectivity index (χ3n) is 7.78. The summed E-state index contributed by atoms with van der Waals surface area (Å²) in [5.74, 6) is 0.265. The van der Waals surface area contributed by atoms with Gasteiger partial charge < -0.3 is 9.64 Å². The normalized spacial score (nSPS) is 29.7. The summed E-state index contributed by atoms with van der Waals surface area (Å²) in [6.07, 6.45) is 7.49. The van der Waals surface area contributed by atoms with E-state index in [0.29, 0.717) is 35.2 Å². The highest BCUT2D eigenvalue weighted by atomic mass is 35.5. The van der Waals surface area contributed by atoms with Crippen LogP contribution in [0.1, 0.15) is 72.4 Å². The maximum atomic E-state index is 14.6. The van der Waals surface area contributed by atoms with E-state index >= 15 is 0 Å². The number of allylic oxidation sites excluding steroid dienone is 4. The fraction of sp³-hybridized carbons (Fsp3) is 0.552. The number of piperidine rings is 1. The zero-order chi connectivity index (χ0) is 28.5. The highest BCUT2D eigenvalue weighted by molar-refractivity contribution is 6.31. The highest BCUT2D eigenvalue weighted by Gasteiger charge is 2.55. The van der Waals surface area contributed by atoms with Gasteiger partial charge in [0.2, 0.25) is 5.91 Å². The van der Waals surface area contributed by atoms with Gasteiger partial charge in [0.15, 0.2) is 0 Å². The van der Waals surface area contributed by atoms with Crippen LogP contribution in [0.25, 0.3) is 0 Å². The molecule has 1 saturated heterocycles. The molecule has 0 saturated carbocycles. The van der Waals surface area contributed by atoms with Crippen LogP contribution in [-0.2, 0) is 14.3 Å². The minimum atomic E-state index is -0.843. The van der Waals surface area contributed by atoms with Crippen molar-refractivity contribution in [3.05, 3.63) is 58.1 Å². The Morgan fingerprint density at radius 3 is 2.54 bits per heavy atom. The number of carbonyl (C=O) groups is 2. The molecule has 2 aliphatic heterocycles. The van der Waals surface area contributed by atoms with E-state index in [1.807, 2.05) is 65.0 Å². The van der Waals surface area contributed by atoms with E-state index in [1.165, 1.54) is 0 Å². The SMILES string of the molecule is CCC(C(=O)OC(C)(C)C)N1C(=O)C(C)(CC2=NNNN2)CC(C2C=C(Cl)C=CC2C)C1c1ccc(Cl)cc1. The molecule has 0 aromatic heterocycles. The van der Waals surface area contributed by atoms with Crippen molar-refractivity contribution in [3.8, 4) is 0 Å². The molecule has 2 heterocycles. The number of benzene rings is 1. The molecule has 1 amide bonds. The second-order valence-corrected chi connectivity index (χ2v) is 12.9. The van der Waals surface area contributed by atoms with Gasteiger partial charge in [-0.1, -0.05) is 68.3 Å². The molecule has 4 rings (SSSR count). The molecule has 8 nitrogen and oxygen atoms in total. The first kappa shape index (κ1) is 29.4. The van der Waals surface area contributed by atoms with Crippen LogP contribution in [0.2, 0.25) is 5.02 Å². The molecule has 0 spiro atoms. The topological polar surface area (TPSA) is 95.1 Å². The zero-order valence-corrected chi connectivity index (χ0v) is 24.9. The number of halogens is 2. The Hall–Kier alpha value is -2.55. The van der Waals surface area contributed by atoms with Gasteiger partial charge in [-0.2, -0.15) is 0 Å². The Morgan fingerprint density at radius 2 is 1.95 bits per heavy atom. The Kier molecular flexibility index (Phi) is 8.69. The molecule has 212 valence electrons. The summed E-state index contributed by atoms with van der Waals surface area (Å²) in [5, 5.41) is 5.54. The van der Waals surface area contributed by atoms with Gasteiger partial charge in [0, 0.05) is 16.5 Å². The molecule has 1 aromatic rings. The van der Waals surface area contributed by atoms with Crippen LogP contribution < -0.4 is 16.5 Å². The number of hydrogen-bond acceptors (Lipinski definition) is 7. The van der Waals surface area contributed by atoms with Gasteiger partial charge in [0.1, 0.15) is 17.5 Å². The van der Waals surface area contributed by atoms with E-state index in [0.717, 1.165) is 5.56 Å². The number of hydrazine groups is 2. The van der Waals surface area contributed by atoms with E-state index in [-0.39, 0.29) is 23.7 Å². The third kappa shape index (κ3) is 6.44. The van der Waals surface area contributed by atoms with Crippen molar-refractivity contribution in [2.24, 2.45) is 28.3 Å². The molecular formula is C29H39Cl2N5O3. The van der Waals surface area contributed by atoms with Crippen LogP contribution in [0.3, 0.4) is 0 Å². The summed E-state index contributed by atoms with van der Waals surface area (Å²) in [5.41, 5.74) is 7.82. The first-order chi connectivity index (χ1) is 18.3. The van der Waals surface area contributed by atoms with Crippen molar-refractivity contribution in [3.63, 3.8) is 0 Å². The van der Waals surface area contributed by atoms with Crippen molar-refractivity contribution < 1.29 is 14.3 Å². The lowest BCUT2D eigenvalue weighted by Gasteiger charge is -2.53. The van der Waals surface area contributed by atoms with E-state index < -0.39 is 29.1 Å². The highest BCUT2D eigenvalue weighted by Crippen LogP contribution is 2.53. The largest absolute Gasteiger partial charge is 0.458 e. The predicted octanol–water partition coefficient (Wildman–Crippen LogP) is 5.62. The lowest BCUT2D eigenvalue weighted by molar-refractivity contribution is -0.176. The number of hydrazone groups is 1. The van der Waals surface area contributed by atoms with Gasteiger partial charge >= 0.3 is 5.97 Å². The van der Waals surface area contributed by atoms with Gasteiger partial charge in [-0.25, -0.2) is 10.3 Å². The standard InChI is InChI=1S/C29H39Cl2N5O3/c1-7-23(26(37)39-28(3,4)5)36-25(18-9-12-19(30)13-10-18)22(21-14-20(31)11-8-17(21)2)15-29(6,27(36)38)16-24-32-34-35-33-24/h8-14,17,21-23,25,34-35H,7,15-16H2,1-6H3,(H,32,33). The third-order valence-corrected chi connectivity index (χ3v) is 8.28. The number of amidine groups is 1. The molecule has 1 fully saturated rings. The fourth-order valence-corrected chi connectivity index (χ4v) is 6.41. The van der Waals surface area contributed by atoms with Crippen molar-refractivity contribution in [1.29, 1.82) is 0 Å². The minimum absolute atomic E-state index is 0.0315. The predicted molar refractivity (Wildman–Crippen MR) is 154 cm³/mol. The molecule has 3 N–H and O–H groups in total. The summed E-state index contributed by atoms with van der Waals surface area (Å²) in [6, 6.07) is 6.41. The second kappa shape index (κ2) is 11.5. The maximum absolute atomic E-state index is 14.6. The average Bonchev–Trinajstić information content (AvgIpc) is 3.36. The maximum Gasteiger partial charge on any atom is 0.329 e. The van der Waals surface area contributed by atoms with Gasteiger partial charge in [0.05, 0.1) is 11.5 Å². The number of likely N-dealkylation sites (tertiary alicyclic amines) is 1. The van der Waals surface area contributed by atoms with Gasteiger partial charge in [-0.15, -0.1) is 10.6 Å². The van der Waals surface area contributed by atoms with Gasteiger partial charge in [0.25, 0.3) is 0 Å². The zero-order valence-electron chi connectivity index (χ0n) is 23.4. The number of amides is 1. The van der Waals surface area contributed by atoms with E-state index in [4.69, 9.17) is 27.9 Å². The minimum Gasteiger partial charge on any atom is -0.458 e. The lowest BCUT2D eigenvalue weighted by atomic mass is 9.62. The summed E-state index contributed by atoms with van der Waals surface area (Å²) in [6.45, 7) is 11.6. The van der Waals surface area contributed by atoms with Crippen molar-refractivity contribution in [2.45, 2.75) is 78.5 Å². The first-order valence-corrected chi connectivity index (χ1v) is 14.3. The molecule has 0 radical (unpaired) electrons. The summed E-state index contributed by atoms with van der Waals surface area (Å²) in [7, 11) is 0. The smallest absolute Gasteiger partial charge is 0.329 e. The Labute approximate surface area is 241 Å². The van der Waals surface area contributed by atoms with E-state index in [1.54, 1.807) is 4.90 Å². The van der Waals surface area contributed by atoms with Gasteiger partial charge in [-0.05, 0) is 75.1 Å². The summed E-state index contributed by atoms with van der Waals surface area (Å²) < 4.78 is 5.86. The number of carbonyl (C=O) groups excluding carboxylic acids is 2. The molecule has 6 atom stereocenters. The van der Waals surface area contributed by atoms with Gasteiger partial charge in [-0.3, -0.25) is 10.2 Å².